The van der Waals surface area contributed by atoms with E-state index < -0.39 is 17.8 Å². The van der Waals surface area contributed by atoms with Gasteiger partial charge in [-0.25, -0.2) is 4.68 Å². The van der Waals surface area contributed by atoms with Crippen molar-refractivity contribution in [2.24, 2.45) is 5.73 Å². The number of carbonyl (C=O) groups excluding carboxylic acids is 1. The number of hydrogen-bond donors (Lipinski definition) is 1. The van der Waals surface area contributed by atoms with Crippen LogP contribution in [0.2, 0.25) is 0 Å². The van der Waals surface area contributed by atoms with Crippen LogP contribution in [0.5, 0.6) is 0 Å². The molecule has 1 aromatic heterocycles. The molecule has 140 valence electrons. The Morgan fingerprint density at radius 2 is 1.70 bits per heavy atom. The first-order chi connectivity index (χ1) is 12.8. The highest BCUT2D eigenvalue weighted by Crippen LogP contribution is 2.33. The number of benzene rings is 2. The fourth-order valence-electron chi connectivity index (χ4n) is 2.64. The van der Waals surface area contributed by atoms with Crippen molar-refractivity contribution in [2.45, 2.75) is 12.6 Å². The van der Waals surface area contributed by atoms with Crippen molar-refractivity contribution in [1.82, 2.24) is 9.78 Å². The Balaban J connectivity index is 2.09. The number of nitrogens with two attached hydrogens (primary N) is 1. The highest BCUT2D eigenvalue weighted by molar-refractivity contribution is 9.09. The van der Waals surface area contributed by atoms with Crippen molar-refractivity contribution < 1.29 is 18.0 Å². The molecular weight excluding hydrogens is 423 g/mol. The number of amides is 1. The molecule has 0 aliphatic carbocycles. The summed E-state index contributed by atoms with van der Waals surface area (Å²) in [5, 5.41) is 4.53. The molecule has 3 rings (SSSR count). The molecule has 0 saturated carbocycles. The van der Waals surface area contributed by atoms with Crippen molar-refractivity contribution in [3.05, 3.63) is 71.4 Å². The number of alkyl halides is 4. The van der Waals surface area contributed by atoms with E-state index in [1.807, 2.05) is 12.1 Å². The van der Waals surface area contributed by atoms with E-state index in [2.05, 4.69) is 21.0 Å². The predicted octanol–water partition coefficient (Wildman–Crippen LogP) is 4.59. The Labute approximate surface area is 161 Å². The number of rotatable bonds is 5. The van der Waals surface area contributed by atoms with Gasteiger partial charge in [-0.05, 0) is 42.3 Å². The number of halogens is 4. The van der Waals surface area contributed by atoms with Crippen molar-refractivity contribution >= 4 is 21.8 Å². The number of aryl methyl sites for hydroxylation is 1. The molecule has 8 heteroatoms. The maximum Gasteiger partial charge on any atom is 0.435 e. The maximum absolute atomic E-state index is 13.2. The van der Waals surface area contributed by atoms with Crippen LogP contribution >= 0.6 is 15.9 Å². The number of aromatic nitrogens is 2. The van der Waals surface area contributed by atoms with Gasteiger partial charge in [0.1, 0.15) is 0 Å². The molecule has 1 amide bonds. The zero-order valence-electron chi connectivity index (χ0n) is 14.0. The first-order valence-corrected chi connectivity index (χ1v) is 9.14. The van der Waals surface area contributed by atoms with E-state index in [9.17, 15) is 18.0 Å². The molecule has 1 heterocycles. The zero-order valence-corrected chi connectivity index (χ0v) is 15.6. The van der Waals surface area contributed by atoms with E-state index in [4.69, 9.17) is 5.73 Å². The van der Waals surface area contributed by atoms with Crippen LogP contribution in [0.4, 0.5) is 13.2 Å². The van der Waals surface area contributed by atoms with Crippen molar-refractivity contribution in [3.8, 4) is 16.9 Å². The van der Waals surface area contributed by atoms with Crippen LogP contribution in [-0.4, -0.2) is 21.0 Å². The van der Waals surface area contributed by atoms with Gasteiger partial charge in [0.15, 0.2) is 5.69 Å². The lowest BCUT2D eigenvalue weighted by molar-refractivity contribution is -0.141. The summed E-state index contributed by atoms with van der Waals surface area (Å²) in [6.07, 6.45) is -3.75. The third kappa shape index (κ3) is 4.21. The van der Waals surface area contributed by atoms with E-state index in [1.165, 1.54) is 28.9 Å². The summed E-state index contributed by atoms with van der Waals surface area (Å²) in [7, 11) is 0. The van der Waals surface area contributed by atoms with Crippen LogP contribution in [0.3, 0.4) is 0 Å². The summed E-state index contributed by atoms with van der Waals surface area (Å²) < 4.78 is 40.8. The molecule has 4 nitrogen and oxygen atoms in total. The topological polar surface area (TPSA) is 60.9 Å². The molecule has 0 fully saturated rings. The lowest BCUT2D eigenvalue weighted by atomic mass is 10.1. The van der Waals surface area contributed by atoms with Crippen LogP contribution in [0.25, 0.3) is 16.9 Å². The lowest BCUT2D eigenvalue weighted by Gasteiger charge is -2.09. The first kappa shape index (κ1) is 19.2. The second-order valence-corrected chi connectivity index (χ2v) is 6.66. The summed E-state index contributed by atoms with van der Waals surface area (Å²) in [6.45, 7) is 0. The minimum Gasteiger partial charge on any atom is -0.366 e. The van der Waals surface area contributed by atoms with Crippen LogP contribution in [0.1, 0.15) is 21.6 Å². The standard InChI is InChI=1S/C19H15BrF3N3O/c20-10-9-12-1-3-13(4-2-12)16-11-17(19(21,22)23)25-26(16)15-7-5-14(6-8-15)18(24)27/h1-8,11H,9-10H2,(H2,24,27). The molecule has 0 aliphatic rings. The van der Waals surface area contributed by atoms with E-state index in [-0.39, 0.29) is 5.56 Å². The summed E-state index contributed by atoms with van der Waals surface area (Å²) in [5.74, 6) is -0.611. The Bertz CT molecular complexity index is 948. The maximum atomic E-state index is 13.2. The fraction of sp³-hybridized carbons (Fsp3) is 0.158. The molecule has 2 aromatic carbocycles. The average Bonchev–Trinajstić information content (AvgIpc) is 3.08. The van der Waals surface area contributed by atoms with Gasteiger partial charge in [-0.1, -0.05) is 40.2 Å². The minimum absolute atomic E-state index is 0.266. The fourth-order valence-corrected chi connectivity index (χ4v) is 3.10. The minimum atomic E-state index is -4.57. The predicted molar refractivity (Wildman–Crippen MR) is 100 cm³/mol. The molecular formula is C19H15BrF3N3O. The molecule has 0 bridgehead atoms. The molecule has 0 unspecified atom stereocenters. The summed E-state index contributed by atoms with van der Waals surface area (Å²) >= 11 is 3.36. The second-order valence-electron chi connectivity index (χ2n) is 5.87. The van der Waals surface area contributed by atoms with Crippen molar-refractivity contribution in [2.75, 3.05) is 5.33 Å². The SMILES string of the molecule is NC(=O)c1ccc(-n2nc(C(F)(F)F)cc2-c2ccc(CCBr)cc2)cc1. The number of nitrogens with zero attached hydrogens (tertiary/aromatic N) is 2. The first-order valence-electron chi connectivity index (χ1n) is 8.02. The van der Waals surface area contributed by atoms with Crippen LogP contribution in [-0.2, 0) is 12.6 Å². The van der Waals surface area contributed by atoms with Gasteiger partial charge in [0.25, 0.3) is 0 Å². The Morgan fingerprint density at radius 3 is 2.22 bits per heavy atom. The van der Waals surface area contributed by atoms with Gasteiger partial charge < -0.3 is 5.73 Å². The van der Waals surface area contributed by atoms with Crippen LogP contribution in [0, 0.1) is 0 Å². The van der Waals surface area contributed by atoms with Gasteiger partial charge in [0, 0.05) is 16.5 Å². The van der Waals surface area contributed by atoms with Gasteiger partial charge in [-0.2, -0.15) is 18.3 Å². The van der Waals surface area contributed by atoms with Gasteiger partial charge >= 0.3 is 6.18 Å². The third-order valence-corrected chi connectivity index (χ3v) is 4.43. The van der Waals surface area contributed by atoms with Gasteiger partial charge in [-0.3, -0.25) is 4.79 Å². The van der Waals surface area contributed by atoms with E-state index >= 15 is 0 Å². The molecule has 0 radical (unpaired) electrons. The van der Waals surface area contributed by atoms with E-state index in [1.54, 1.807) is 12.1 Å². The molecule has 0 saturated heterocycles. The second kappa shape index (κ2) is 7.56. The average molecular weight is 438 g/mol. The van der Waals surface area contributed by atoms with Crippen molar-refractivity contribution in [3.63, 3.8) is 0 Å². The van der Waals surface area contributed by atoms with Crippen LogP contribution in [0.15, 0.2) is 54.6 Å². The van der Waals surface area contributed by atoms with E-state index in [0.29, 0.717) is 16.9 Å². The molecule has 3 aromatic rings. The molecule has 0 spiro atoms. The normalized spacial score (nSPS) is 11.6. The van der Waals surface area contributed by atoms with E-state index in [0.717, 1.165) is 23.4 Å². The molecule has 0 aliphatic heterocycles. The highest BCUT2D eigenvalue weighted by Gasteiger charge is 2.35. The Morgan fingerprint density at radius 1 is 1.07 bits per heavy atom. The molecule has 0 atom stereocenters. The zero-order chi connectivity index (χ0) is 19.6. The molecule has 27 heavy (non-hydrogen) atoms. The molecule has 2 N–H and O–H groups in total. The monoisotopic (exact) mass is 437 g/mol. The Hall–Kier alpha value is -2.61. The van der Waals surface area contributed by atoms with Gasteiger partial charge in [-0.15, -0.1) is 0 Å². The summed E-state index contributed by atoms with van der Waals surface area (Å²) in [5.41, 5.74) is 6.87. The smallest absolute Gasteiger partial charge is 0.366 e. The largest absolute Gasteiger partial charge is 0.435 e. The number of carbonyl (C=O) groups is 1. The third-order valence-electron chi connectivity index (χ3n) is 4.03. The lowest BCUT2D eigenvalue weighted by Crippen LogP contribution is -2.11. The van der Waals surface area contributed by atoms with Gasteiger partial charge in [0.05, 0.1) is 11.4 Å². The Kier molecular flexibility index (Phi) is 5.36. The quantitative estimate of drug-likeness (QED) is 0.593. The number of hydrogen-bond acceptors (Lipinski definition) is 2. The summed E-state index contributed by atoms with van der Waals surface area (Å²) in [4.78, 5) is 11.2. The number of primary amides is 1. The highest BCUT2D eigenvalue weighted by atomic mass is 79.9. The van der Waals surface area contributed by atoms with Crippen LogP contribution < -0.4 is 5.73 Å². The summed E-state index contributed by atoms with van der Waals surface area (Å²) in [6, 6.07) is 14.2. The van der Waals surface area contributed by atoms with Crippen molar-refractivity contribution in [1.29, 1.82) is 0 Å². The van der Waals surface area contributed by atoms with Gasteiger partial charge in [0.2, 0.25) is 5.91 Å².